The van der Waals surface area contributed by atoms with Gasteiger partial charge >= 0.3 is 0 Å². The Bertz CT molecular complexity index is 466. The molecule has 1 fully saturated rings. The maximum atomic E-state index is 13.6. The first-order valence-corrected chi connectivity index (χ1v) is 7.81. The van der Waals surface area contributed by atoms with Crippen LogP contribution in [0.15, 0.2) is 18.2 Å². The van der Waals surface area contributed by atoms with Crippen LogP contribution in [0.2, 0.25) is 0 Å². The van der Waals surface area contributed by atoms with Crippen molar-refractivity contribution in [2.75, 3.05) is 18.1 Å². The number of anilines is 1. The van der Waals surface area contributed by atoms with Gasteiger partial charge in [0.1, 0.15) is 5.82 Å². The molecule has 0 spiro atoms. The van der Waals surface area contributed by atoms with Gasteiger partial charge in [0.25, 0.3) is 0 Å². The number of hydrogen-bond acceptors (Lipinski definition) is 3. The fourth-order valence-corrected chi connectivity index (χ4v) is 2.64. The molecule has 0 amide bonds. The van der Waals surface area contributed by atoms with Crippen LogP contribution in [0.3, 0.4) is 0 Å². The summed E-state index contributed by atoms with van der Waals surface area (Å²) < 4.78 is 13.6. The number of aliphatic hydroxyl groups is 1. The third-order valence-electron chi connectivity index (χ3n) is 4.02. The molecule has 0 aliphatic heterocycles. The van der Waals surface area contributed by atoms with Gasteiger partial charge in [-0.15, -0.1) is 0 Å². The van der Waals surface area contributed by atoms with E-state index in [1.807, 2.05) is 6.07 Å². The molecule has 0 unspecified atom stereocenters. The van der Waals surface area contributed by atoms with E-state index < -0.39 is 0 Å². The number of nitrogens with one attached hydrogen (secondary N) is 1. The topological polar surface area (TPSA) is 35.5 Å². The number of rotatable bonds is 6. The zero-order valence-electron chi connectivity index (χ0n) is 13.3. The minimum absolute atomic E-state index is 0.0120. The van der Waals surface area contributed by atoms with Gasteiger partial charge in [-0.05, 0) is 63.8 Å². The second kappa shape index (κ2) is 6.75. The van der Waals surface area contributed by atoms with Crippen LogP contribution < -0.4 is 10.2 Å². The van der Waals surface area contributed by atoms with Crippen LogP contribution in [-0.4, -0.2) is 29.8 Å². The van der Waals surface area contributed by atoms with E-state index in [9.17, 15) is 9.50 Å². The van der Waals surface area contributed by atoms with Crippen molar-refractivity contribution in [1.82, 2.24) is 5.32 Å². The number of aliphatic hydroxyl groups excluding tert-OH is 1. The molecule has 4 heteroatoms. The van der Waals surface area contributed by atoms with Crippen molar-refractivity contribution in [2.45, 2.75) is 58.2 Å². The van der Waals surface area contributed by atoms with Gasteiger partial charge in [-0.25, -0.2) is 4.39 Å². The predicted octanol–water partition coefficient (Wildman–Crippen LogP) is 3.07. The largest absolute Gasteiger partial charge is 0.395 e. The lowest BCUT2D eigenvalue weighted by molar-refractivity contribution is 0.283. The van der Waals surface area contributed by atoms with E-state index in [4.69, 9.17) is 0 Å². The van der Waals surface area contributed by atoms with Crippen molar-refractivity contribution in [3.05, 3.63) is 29.6 Å². The molecule has 118 valence electrons. The van der Waals surface area contributed by atoms with Crippen molar-refractivity contribution in [3.63, 3.8) is 0 Å². The lowest BCUT2D eigenvalue weighted by Crippen LogP contribution is -2.43. The molecule has 0 atom stereocenters. The Morgan fingerprint density at radius 2 is 2.05 bits per heavy atom. The molecule has 0 radical (unpaired) electrons. The minimum atomic E-state index is -0.206. The van der Waals surface area contributed by atoms with Crippen molar-refractivity contribution >= 4 is 5.69 Å². The van der Waals surface area contributed by atoms with Crippen molar-refractivity contribution in [1.29, 1.82) is 0 Å². The minimum Gasteiger partial charge on any atom is -0.395 e. The average molecular weight is 294 g/mol. The zero-order valence-corrected chi connectivity index (χ0v) is 13.3. The van der Waals surface area contributed by atoms with Crippen LogP contribution >= 0.6 is 0 Å². The molecule has 3 nitrogen and oxygen atoms in total. The summed E-state index contributed by atoms with van der Waals surface area (Å²) in [4.78, 5) is 2.24. The standard InChI is InChI=1S/C17H27FN2O/c1-17(2,3)19-12-13-11-14(18)7-8-16(13)20(9-10-21)15-5-4-6-15/h7-8,11,15,19,21H,4-6,9-10,12H2,1-3H3. The maximum Gasteiger partial charge on any atom is 0.123 e. The van der Waals surface area contributed by atoms with Gasteiger partial charge in [0, 0.05) is 30.4 Å². The summed E-state index contributed by atoms with van der Waals surface area (Å²) in [5, 5.41) is 12.8. The average Bonchev–Trinajstić information content (AvgIpc) is 2.33. The van der Waals surface area contributed by atoms with Crippen LogP contribution in [0.4, 0.5) is 10.1 Å². The molecule has 1 aromatic rings. The normalized spacial score (nSPS) is 15.9. The van der Waals surface area contributed by atoms with E-state index in [1.165, 1.54) is 12.5 Å². The second-order valence-electron chi connectivity index (χ2n) is 6.88. The highest BCUT2D eigenvalue weighted by Crippen LogP contribution is 2.32. The highest BCUT2D eigenvalue weighted by molar-refractivity contribution is 5.55. The van der Waals surface area contributed by atoms with E-state index in [0.29, 0.717) is 19.1 Å². The van der Waals surface area contributed by atoms with Crippen LogP contribution in [0.5, 0.6) is 0 Å². The molecule has 1 aliphatic carbocycles. The first kappa shape index (κ1) is 16.2. The Labute approximate surface area is 127 Å². The maximum absolute atomic E-state index is 13.6. The first-order chi connectivity index (χ1) is 9.90. The van der Waals surface area contributed by atoms with Crippen molar-refractivity contribution in [2.24, 2.45) is 0 Å². The van der Waals surface area contributed by atoms with E-state index in [0.717, 1.165) is 24.1 Å². The molecule has 1 saturated carbocycles. The molecule has 0 aromatic heterocycles. The SMILES string of the molecule is CC(C)(C)NCc1cc(F)ccc1N(CCO)C1CCC1. The van der Waals surface area contributed by atoms with Gasteiger partial charge in [-0.2, -0.15) is 0 Å². The lowest BCUT2D eigenvalue weighted by atomic mass is 9.90. The van der Waals surface area contributed by atoms with Crippen LogP contribution in [0, 0.1) is 5.82 Å². The van der Waals surface area contributed by atoms with E-state index >= 15 is 0 Å². The van der Waals surface area contributed by atoms with Gasteiger partial charge < -0.3 is 15.3 Å². The van der Waals surface area contributed by atoms with E-state index in [2.05, 4.69) is 31.0 Å². The molecule has 21 heavy (non-hydrogen) atoms. The molecular weight excluding hydrogens is 267 g/mol. The molecule has 1 aliphatic rings. The highest BCUT2D eigenvalue weighted by Gasteiger charge is 2.26. The quantitative estimate of drug-likeness (QED) is 0.846. The van der Waals surface area contributed by atoms with Crippen LogP contribution in [0.25, 0.3) is 0 Å². The summed E-state index contributed by atoms with van der Waals surface area (Å²) in [6, 6.07) is 5.45. The molecule has 0 saturated heterocycles. The summed E-state index contributed by atoms with van der Waals surface area (Å²) in [5.74, 6) is -0.206. The summed E-state index contributed by atoms with van der Waals surface area (Å²) >= 11 is 0. The summed E-state index contributed by atoms with van der Waals surface area (Å²) in [5.41, 5.74) is 2.00. The summed E-state index contributed by atoms with van der Waals surface area (Å²) in [7, 11) is 0. The van der Waals surface area contributed by atoms with E-state index in [-0.39, 0.29) is 18.0 Å². The first-order valence-electron chi connectivity index (χ1n) is 7.81. The van der Waals surface area contributed by atoms with Gasteiger partial charge in [0.15, 0.2) is 0 Å². The van der Waals surface area contributed by atoms with Gasteiger partial charge in [-0.1, -0.05) is 0 Å². The molecule has 0 bridgehead atoms. The molecule has 1 aromatic carbocycles. The Morgan fingerprint density at radius 1 is 1.33 bits per heavy atom. The Kier molecular flexibility index (Phi) is 5.22. The van der Waals surface area contributed by atoms with E-state index in [1.54, 1.807) is 6.07 Å². The molecule has 0 heterocycles. The number of halogens is 1. The number of benzene rings is 1. The summed E-state index contributed by atoms with van der Waals surface area (Å²) in [6.07, 6.45) is 3.55. The highest BCUT2D eigenvalue weighted by atomic mass is 19.1. The second-order valence-corrected chi connectivity index (χ2v) is 6.88. The predicted molar refractivity (Wildman–Crippen MR) is 85.1 cm³/mol. The molecular formula is C17H27FN2O. The third-order valence-corrected chi connectivity index (χ3v) is 4.02. The lowest BCUT2D eigenvalue weighted by Gasteiger charge is -2.40. The van der Waals surface area contributed by atoms with Crippen LogP contribution in [0.1, 0.15) is 45.6 Å². The van der Waals surface area contributed by atoms with Crippen molar-refractivity contribution < 1.29 is 9.50 Å². The Morgan fingerprint density at radius 3 is 2.57 bits per heavy atom. The Hall–Kier alpha value is -1.13. The smallest absolute Gasteiger partial charge is 0.123 e. The van der Waals surface area contributed by atoms with Gasteiger partial charge in [0.05, 0.1) is 6.61 Å². The zero-order chi connectivity index (χ0) is 15.5. The number of nitrogens with zero attached hydrogens (tertiary/aromatic N) is 1. The van der Waals surface area contributed by atoms with Crippen molar-refractivity contribution in [3.8, 4) is 0 Å². The molecule has 2 rings (SSSR count). The molecule has 2 N–H and O–H groups in total. The van der Waals surface area contributed by atoms with Gasteiger partial charge in [-0.3, -0.25) is 0 Å². The third kappa shape index (κ3) is 4.42. The van der Waals surface area contributed by atoms with Gasteiger partial charge in [0.2, 0.25) is 0 Å². The van der Waals surface area contributed by atoms with Crippen LogP contribution in [-0.2, 0) is 6.54 Å². The number of hydrogen-bond donors (Lipinski definition) is 2. The summed E-state index contributed by atoms with van der Waals surface area (Å²) in [6.45, 7) is 7.67. The fraction of sp³-hybridized carbons (Fsp3) is 0.647. The monoisotopic (exact) mass is 294 g/mol. The fourth-order valence-electron chi connectivity index (χ4n) is 2.64. The Balaban J connectivity index is 2.23.